The lowest BCUT2D eigenvalue weighted by Crippen LogP contribution is -2.40. The Labute approximate surface area is 81.8 Å². The molecule has 1 aromatic rings. The van der Waals surface area contributed by atoms with Crippen molar-refractivity contribution in [2.75, 3.05) is 0 Å². The average Bonchev–Trinajstić information content (AvgIpc) is 2.17. The van der Waals surface area contributed by atoms with Crippen LogP contribution in [0, 0.1) is 0 Å². The SMILES string of the molecule is NC(=O)C1c2ccccc2C=CN1N. The third-order valence-corrected chi connectivity index (χ3v) is 2.28. The number of rotatable bonds is 1. The molecule has 14 heavy (non-hydrogen) atoms. The Hall–Kier alpha value is -1.81. The van der Waals surface area contributed by atoms with Crippen LogP contribution in [0.3, 0.4) is 0 Å². The summed E-state index contributed by atoms with van der Waals surface area (Å²) in [4.78, 5) is 11.2. The molecule has 72 valence electrons. The van der Waals surface area contributed by atoms with E-state index < -0.39 is 11.9 Å². The van der Waals surface area contributed by atoms with Gasteiger partial charge in [0.15, 0.2) is 0 Å². The first-order valence-corrected chi connectivity index (χ1v) is 4.29. The van der Waals surface area contributed by atoms with Crippen LogP contribution in [-0.2, 0) is 4.79 Å². The van der Waals surface area contributed by atoms with Gasteiger partial charge in [-0.05, 0) is 17.2 Å². The molecule has 0 aromatic heterocycles. The molecule has 0 spiro atoms. The molecule has 2 rings (SSSR count). The van der Waals surface area contributed by atoms with Crippen molar-refractivity contribution >= 4 is 12.0 Å². The summed E-state index contributed by atoms with van der Waals surface area (Å²) in [6.45, 7) is 0. The van der Waals surface area contributed by atoms with Crippen molar-refractivity contribution in [2.24, 2.45) is 11.6 Å². The fourth-order valence-corrected chi connectivity index (χ4v) is 1.62. The van der Waals surface area contributed by atoms with Crippen molar-refractivity contribution in [3.63, 3.8) is 0 Å². The van der Waals surface area contributed by atoms with E-state index in [4.69, 9.17) is 11.6 Å². The van der Waals surface area contributed by atoms with Gasteiger partial charge in [-0.3, -0.25) is 4.79 Å². The molecule has 4 N–H and O–H groups in total. The molecule has 0 saturated heterocycles. The zero-order valence-electron chi connectivity index (χ0n) is 7.55. The van der Waals surface area contributed by atoms with Gasteiger partial charge in [-0.25, -0.2) is 5.84 Å². The molecule has 1 aliphatic heterocycles. The smallest absolute Gasteiger partial charge is 0.246 e. The predicted molar refractivity (Wildman–Crippen MR) is 53.4 cm³/mol. The van der Waals surface area contributed by atoms with E-state index in [1.165, 1.54) is 5.01 Å². The maximum Gasteiger partial charge on any atom is 0.246 e. The number of fused-ring (bicyclic) bond motifs is 1. The monoisotopic (exact) mass is 189 g/mol. The molecule has 4 heteroatoms. The first kappa shape index (κ1) is 8.77. The van der Waals surface area contributed by atoms with Gasteiger partial charge in [-0.1, -0.05) is 24.3 Å². The minimum Gasteiger partial charge on any atom is -0.368 e. The summed E-state index contributed by atoms with van der Waals surface area (Å²) in [5.41, 5.74) is 7.11. The first-order valence-electron chi connectivity index (χ1n) is 4.29. The molecule has 0 radical (unpaired) electrons. The Balaban J connectivity index is 2.53. The minimum atomic E-state index is -0.559. The number of carbonyl (C=O) groups excluding carboxylic acids is 1. The van der Waals surface area contributed by atoms with Crippen molar-refractivity contribution < 1.29 is 4.79 Å². The van der Waals surface area contributed by atoms with E-state index in [0.717, 1.165) is 11.1 Å². The maximum atomic E-state index is 11.2. The molecule has 4 nitrogen and oxygen atoms in total. The van der Waals surface area contributed by atoms with Gasteiger partial charge in [-0.2, -0.15) is 0 Å². The predicted octanol–water partition coefficient (Wildman–Crippen LogP) is 0.373. The van der Waals surface area contributed by atoms with E-state index >= 15 is 0 Å². The minimum absolute atomic E-state index is 0.440. The topological polar surface area (TPSA) is 72.4 Å². The second kappa shape index (κ2) is 3.16. The lowest BCUT2D eigenvalue weighted by atomic mass is 9.97. The number of nitrogens with zero attached hydrogens (tertiary/aromatic N) is 1. The van der Waals surface area contributed by atoms with E-state index in [1.807, 2.05) is 30.3 Å². The lowest BCUT2D eigenvalue weighted by Gasteiger charge is -2.28. The number of benzene rings is 1. The van der Waals surface area contributed by atoms with Gasteiger partial charge in [0.05, 0.1) is 0 Å². The van der Waals surface area contributed by atoms with E-state index in [0.29, 0.717) is 0 Å². The van der Waals surface area contributed by atoms with Crippen molar-refractivity contribution in [3.05, 3.63) is 41.6 Å². The van der Waals surface area contributed by atoms with Crippen LogP contribution in [0.5, 0.6) is 0 Å². The number of primary amides is 1. The van der Waals surface area contributed by atoms with Gasteiger partial charge >= 0.3 is 0 Å². The van der Waals surface area contributed by atoms with Crippen LogP contribution >= 0.6 is 0 Å². The van der Waals surface area contributed by atoms with Crippen LogP contribution in [0.2, 0.25) is 0 Å². The third kappa shape index (κ3) is 1.25. The van der Waals surface area contributed by atoms with Crippen LogP contribution in [-0.4, -0.2) is 10.9 Å². The maximum absolute atomic E-state index is 11.2. The van der Waals surface area contributed by atoms with Crippen LogP contribution in [0.1, 0.15) is 17.2 Å². The highest BCUT2D eigenvalue weighted by atomic mass is 16.1. The summed E-state index contributed by atoms with van der Waals surface area (Å²) in [5, 5.41) is 1.32. The number of hydrazine groups is 1. The van der Waals surface area contributed by atoms with Crippen molar-refractivity contribution in [3.8, 4) is 0 Å². The Morgan fingerprint density at radius 3 is 2.79 bits per heavy atom. The molecule has 0 aliphatic carbocycles. The summed E-state index contributed by atoms with van der Waals surface area (Å²) in [7, 11) is 0. The zero-order chi connectivity index (χ0) is 10.1. The molecule has 1 atom stereocenters. The molecular weight excluding hydrogens is 178 g/mol. The molecule has 1 amide bonds. The van der Waals surface area contributed by atoms with Gasteiger partial charge in [0, 0.05) is 6.20 Å². The second-order valence-corrected chi connectivity index (χ2v) is 3.20. The van der Waals surface area contributed by atoms with Crippen LogP contribution in [0.25, 0.3) is 6.08 Å². The van der Waals surface area contributed by atoms with Gasteiger partial charge < -0.3 is 10.7 Å². The Morgan fingerprint density at radius 2 is 2.07 bits per heavy atom. The number of amides is 1. The van der Waals surface area contributed by atoms with E-state index in [9.17, 15) is 4.79 Å². The van der Waals surface area contributed by atoms with Gasteiger partial charge in [0.25, 0.3) is 0 Å². The highest BCUT2D eigenvalue weighted by Gasteiger charge is 2.25. The third-order valence-electron chi connectivity index (χ3n) is 2.28. The standard InChI is InChI=1S/C10H11N3O/c11-10(14)9-8-4-2-1-3-7(8)5-6-13(9)12/h1-6,9H,12H2,(H2,11,14). The quantitative estimate of drug-likeness (QED) is 0.627. The first-order chi connectivity index (χ1) is 6.70. The average molecular weight is 189 g/mol. The summed E-state index contributed by atoms with van der Waals surface area (Å²) >= 11 is 0. The van der Waals surface area contributed by atoms with E-state index in [2.05, 4.69) is 0 Å². The van der Waals surface area contributed by atoms with Crippen LogP contribution in [0.4, 0.5) is 0 Å². The number of nitrogens with two attached hydrogens (primary N) is 2. The molecule has 1 heterocycles. The van der Waals surface area contributed by atoms with Gasteiger partial charge in [-0.15, -0.1) is 0 Å². The molecule has 0 fully saturated rings. The number of hydrogen-bond acceptors (Lipinski definition) is 3. The summed E-state index contributed by atoms with van der Waals surface area (Å²) in [6, 6.07) is 6.99. The summed E-state index contributed by atoms with van der Waals surface area (Å²) in [6.07, 6.45) is 3.51. The van der Waals surface area contributed by atoms with E-state index in [-0.39, 0.29) is 0 Å². The molecular formula is C10H11N3O. The van der Waals surface area contributed by atoms with E-state index in [1.54, 1.807) is 6.20 Å². The zero-order valence-corrected chi connectivity index (χ0v) is 7.55. The number of hydrogen-bond donors (Lipinski definition) is 2. The molecule has 1 aliphatic rings. The highest BCUT2D eigenvalue weighted by molar-refractivity contribution is 5.84. The van der Waals surface area contributed by atoms with Crippen LogP contribution in [0.15, 0.2) is 30.5 Å². The number of carbonyl (C=O) groups is 1. The Bertz CT molecular complexity index is 400. The second-order valence-electron chi connectivity index (χ2n) is 3.20. The molecule has 1 unspecified atom stereocenters. The fourth-order valence-electron chi connectivity index (χ4n) is 1.62. The largest absolute Gasteiger partial charge is 0.368 e. The molecule has 0 bridgehead atoms. The van der Waals surface area contributed by atoms with Crippen molar-refractivity contribution in [1.29, 1.82) is 0 Å². The van der Waals surface area contributed by atoms with Crippen LogP contribution < -0.4 is 11.6 Å². The summed E-state index contributed by atoms with van der Waals surface area (Å²) < 4.78 is 0. The highest BCUT2D eigenvalue weighted by Crippen LogP contribution is 2.27. The van der Waals surface area contributed by atoms with Crippen molar-refractivity contribution in [2.45, 2.75) is 6.04 Å². The summed E-state index contributed by atoms with van der Waals surface area (Å²) in [5.74, 6) is 5.20. The van der Waals surface area contributed by atoms with Gasteiger partial charge in [0.2, 0.25) is 5.91 Å². The van der Waals surface area contributed by atoms with Gasteiger partial charge in [0.1, 0.15) is 6.04 Å². The lowest BCUT2D eigenvalue weighted by molar-refractivity contribution is -0.122. The normalized spacial score (nSPS) is 19.2. The Morgan fingerprint density at radius 1 is 1.36 bits per heavy atom. The molecule has 1 aromatic carbocycles. The van der Waals surface area contributed by atoms with Crippen molar-refractivity contribution in [1.82, 2.24) is 5.01 Å². The fraction of sp³-hybridized carbons (Fsp3) is 0.100. The molecule has 0 saturated carbocycles. The Kier molecular flexibility index (Phi) is 1.98.